The number of hydrogen-bond donors (Lipinski definition) is 0. The molecule has 0 radical (unpaired) electrons. The Labute approximate surface area is 173 Å². The molecule has 0 saturated carbocycles. The normalized spacial score (nSPS) is 12.0. The smallest absolute Gasteiger partial charge is 0.343 e. The Bertz CT molecular complexity index is 1540. The molecule has 3 aromatic carbocycles. The molecule has 146 valence electrons. The zero-order chi connectivity index (χ0) is 20.7. The van der Waals surface area contributed by atoms with Gasteiger partial charge in [-0.1, -0.05) is 41.7 Å². The summed E-state index contributed by atoms with van der Waals surface area (Å²) in [5, 5.41) is 0. The highest BCUT2D eigenvalue weighted by Gasteiger charge is 2.12. The monoisotopic (exact) mass is 416 g/mol. The van der Waals surface area contributed by atoms with E-state index in [0.717, 1.165) is 17.1 Å². The van der Waals surface area contributed by atoms with Crippen molar-refractivity contribution in [2.75, 3.05) is 0 Å². The van der Waals surface area contributed by atoms with E-state index >= 15 is 0 Å². The van der Waals surface area contributed by atoms with Gasteiger partial charge in [-0.05, 0) is 54.1 Å². The molecule has 2 heterocycles. The second kappa shape index (κ2) is 7.20. The van der Waals surface area contributed by atoms with E-state index in [1.807, 2.05) is 24.3 Å². The molecule has 0 atom stereocenters. The van der Waals surface area contributed by atoms with Crippen molar-refractivity contribution in [1.82, 2.24) is 9.38 Å². The predicted octanol–water partition coefficient (Wildman–Crippen LogP) is 3.82. The van der Waals surface area contributed by atoms with Crippen molar-refractivity contribution in [1.29, 1.82) is 0 Å². The minimum atomic E-state index is -0.655. The molecule has 0 bridgehead atoms. The summed E-state index contributed by atoms with van der Waals surface area (Å²) in [6.45, 7) is 0. The van der Waals surface area contributed by atoms with E-state index in [1.54, 1.807) is 34.7 Å². The predicted molar refractivity (Wildman–Crippen MR) is 113 cm³/mol. The van der Waals surface area contributed by atoms with Crippen molar-refractivity contribution >= 4 is 39.4 Å². The van der Waals surface area contributed by atoms with Gasteiger partial charge >= 0.3 is 5.97 Å². The molecule has 0 unspecified atom stereocenters. The molecule has 0 fully saturated rings. The second-order valence-electron chi connectivity index (χ2n) is 6.61. The van der Waals surface area contributed by atoms with Crippen molar-refractivity contribution in [3.63, 3.8) is 0 Å². The Morgan fingerprint density at radius 1 is 1.03 bits per heavy atom. The maximum atomic E-state index is 13.3. The number of esters is 1. The standard InChI is InChI=1S/C23H13FN2O3S/c24-16-7-4-6-15(13-16)22(28)29-17-8-3-5-14(11-17)12-20-21(27)26-19-10-2-1-9-18(19)25-23(26)30-20/h1-13H. The van der Waals surface area contributed by atoms with Crippen LogP contribution in [0, 0.1) is 5.82 Å². The highest BCUT2D eigenvalue weighted by atomic mass is 32.1. The van der Waals surface area contributed by atoms with Crippen molar-refractivity contribution in [2.24, 2.45) is 0 Å². The number of aromatic nitrogens is 2. The topological polar surface area (TPSA) is 60.7 Å². The average molecular weight is 416 g/mol. The van der Waals surface area contributed by atoms with Crippen LogP contribution in [0.25, 0.3) is 22.1 Å². The Hall–Kier alpha value is -3.84. The number of halogens is 1. The molecular formula is C23H13FN2O3S. The molecule has 0 saturated heterocycles. The third kappa shape index (κ3) is 3.25. The van der Waals surface area contributed by atoms with Crippen LogP contribution in [0.3, 0.4) is 0 Å². The lowest BCUT2D eigenvalue weighted by atomic mass is 10.2. The first-order chi connectivity index (χ1) is 14.6. The number of hydrogen-bond acceptors (Lipinski definition) is 5. The molecule has 30 heavy (non-hydrogen) atoms. The summed E-state index contributed by atoms with van der Waals surface area (Å²) in [4.78, 5) is 30.2. The number of benzene rings is 3. The Kier molecular flexibility index (Phi) is 4.37. The molecule has 2 aromatic heterocycles. The van der Waals surface area contributed by atoms with E-state index in [0.29, 0.717) is 20.8 Å². The van der Waals surface area contributed by atoms with Gasteiger partial charge in [-0.2, -0.15) is 0 Å². The fourth-order valence-corrected chi connectivity index (χ4v) is 4.20. The molecule has 0 aliphatic carbocycles. The van der Waals surface area contributed by atoms with Gasteiger partial charge in [0.1, 0.15) is 11.6 Å². The fraction of sp³-hybridized carbons (Fsp3) is 0. The molecular weight excluding hydrogens is 403 g/mol. The molecule has 5 aromatic rings. The number of carbonyl (C=O) groups excluding carboxylic acids is 1. The van der Waals surface area contributed by atoms with Gasteiger partial charge in [0.2, 0.25) is 0 Å². The Morgan fingerprint density at radius 2 is 1.87 bits per heavy atom. The van der Waals surface area contributed by atoms with E-state index in [2.05, 4.69) is 4.98 Å². The van der Waals surface area contributed by atoms with E-state index in [-0.39, 0.29) is 11.1 Å². The summed E-state index contributed by atoms with van der Waals surface area (Å²) in [5.74, 6) is -0.862. The maximum absolute atomic E-state index is 13.3. The molecule has 0 spiro atoms. The number of carbonyl (C=O) groups is 1. The molecule has 0 aliphatic rings. The zero-order valence-corrected chi connectivity index (χ0v) is 16.2. The molecule has 5 nitrogen and oxygen atoms in total. The van der Waals surface area contributed by atoms with Crippen LogP contribution >= 0.6 is 11.3 Å². The number of ether oxygens (including phenoxy) is 1. The summed E-state index contributed by atoms with van der Waals surface area (Å²) in [7, 11) is 0. The molecule has 5 rings (SSSR count). The molecule has 0 N–H and O–H groups in total. The van der Waals surface area contributed by atoms with Crippen LogP contribution in [-0.4, -0.2) is 15.4 Å². The number of rotatable bonds is 3. The summed E-state index contributed by atoms with van der Waals surface area (Å²) in [5.41, 5.74) is 2.22. The molecule has 7 heteroatoms. The van der Waals surface area contributed by atoms with Crippen molar-refractivity contribution in [3.05, 3.63) is 105 Å². The van der Waals surface area contributed by atoms with E-state index in [1.165, 1.54) is 29.5 Å². The van der Waals surface area contributed by atoms with Crippen molar-refractivity contribution in [2.45, 2.75) is 0 Å². The van der Waals surface area contributed by atoms with E-state index < -0.39 is 11.8 Å². The minimum Gasteiger partial charge on any atom is -0.423 e. The number of para-hydroxylation sites is 2. The van der Waals surface area contributed by atoms with Crippen molar-refractivity contribution in [3.8, 4) is 5.75 Å². The first-order valence-corrected chi connectivity index (χ1v) is 9.90. The van der Waals surface area contributed by atoms with Gasteiger partial charge in [-0.25, -0.2) is 18.6 Å². The van der Waals surface area contributed by atoms with E-state index in [4.69, 9.17) is 4.74 Å². The summed E-state index contributed by atoms with van der Waals surface area (Å²) < 4.78 is 20.8. The van der Waals surface area contributed by atoms with Crippen LogP contribution < -0.4 is 14.8 Å². The van der Waals surface area contributed by atoms with Gasteiger partial charge in [0, 0.05) is 0 Å². The lowest BCUT2D eigenvalue weighted by molar-refractivity contribution is 0.0734. The molecule has 0 aliphatic heterocycles. The lowest BCUT2D eigenvalue weighted by Crippen LogP contribution is -2.22. The van der Waals surface area contributed by atoms with Gasteiger partial charge in [-0.3, -0.25) is 4.79 Å². The zero-order valence-electron chi connectivity index (χ0n) is 15.4. The van der Waals surface area contributed by atoms with Gasteiger partial charge in [0.05, 0.1) is 21.1 Å². The van der Waals surface area contributed by atoms with E-state index in [9.17, 15) is 14.0 Å². The average Bonchev–Trinajstić information content (AvgIpc) is 3.24. The SMILES string of the molecule is O=C(Oc1cccc(C=c2sc3nc4ccccc4n3c2=O)c1)c1cccc(F)c1. The maximum Gasteiger partial charge on any atom is 0.343 e. The van der Waals surface area contributed by atoms with Crippen LogP contribution in [0.4, 0.5) is 4.39 Å². The number of imidazole rings is 1. The first-order valence-electron chi connectivity index (χ1n) is 9.08. The summed E-state index contributed by atoms with van der Waals surface area (Å²) in [6.07, 6.45) is 1.73. The quantitative estimate of drug-likeness (QED) is 0.331. The van der Waals surface area contributed by atoms with Gasteiger partial charge in [-0.15, -0.1) is 0 Å². The summed E-state index contributed by atoms with van der Waals surface area (Å²) in [6, 6.07) is 19.6. The fourth-order valence-electron chi connectivity index (χ4n) is 3.21. The first kappa shape index (κ1) is 18.2. The van der Waals surface area contributed by atoms with Gasteiger partial charge in [0.25, 0.3) is 5.56 Å². The van der Waals surface area contributed by atoms with Crippen LogP contribution in [0.1, 0.15) is 15.9 Å². The van der Waals surface area contributed by atoms with Crippen LogP contribution in [0.15, 0.2) is 77.6 Å². The number of thiazole rings is 1. The minimum absolute atomic E-state index is 0.123. The largest absolute Gasteiger partial charge is 0.423 e. The Morgan fingerprint density at radius 3 is 2.73 bits per heavy atom. The van der Waals surface area contributed by atoms with Crippen LogP contribution in [0.2, 0.25) is 0 Å². The van der Waals surface area contributed by atoms with Crippen LogP contribution in [0.5, 0.6) is 5.75 Å². The third-order valence-electron chi connectivity index (χ3n) is 4.57. The summed E-state index contributed by atoms with van der Waals surface area (Å²) >= 11 is 1.30. The van der Waals surface area contributed by atoms with Crippen LogP contribution in [-0.2, 0) is 0 Å². The molecule has 0 amide bonds. The van der Waals surface area contributed by atoms with Crippen molar-refractivity contribution < 1.29 is 13.9 Å². The number of nitrogens with zero attached hydrogens (tertiary/aromatic N) is 2. The third-order valence-corrected chi connectivity index (χ3v) is 5.54. The highest BCUT2D eigenvalue weighted by molar-refractivity contribution is 7.15. The lowest BCUT2D eigenvalue weighted by Gasteiger charge is -2.05. The van der Waals surface area contributed by atoms with Gasteiger partial charge in [0.15, 0.2) is 4.96 Å². The number of fused-ring (bicyclic) bond motifs is 3. The highest BCUT2D eigenvalue weighted by Crippen LogP contribution is 2.18. The second-order valence-corrected chi connectivity index (χ2v) is 7.62. The van der Waals surface area contributed by atoms with Gasteiger partial charge < -0.3 is 4.74 Å². The Balaban J connectivity index is 1.50.